The summed E-state index contributed by atoms with van der Waals surface area (Å²) in [6.07, 6.45) is 1.43. The lowest BCUT2D eigenvalue weighted by molar-refractivity contribution is -0.140. The van der Waals surface area contributed by atoms with Crippen molar-refractivity contribution in [3.05, 3.63) is 58.6 Å². The Kier molecular flexibility index (Phi) is 10.6. The smallest absolute Gasteiger partial charge is 0.244 e. The Morgan fingerprint density at radius 2 is 1.80 bits per heavy atom. The number of rotatable bonds is 12. The highest BCUT2D eigenvalue weighted by molar-refractivity contribution is 9.10. The Morgan fingerprint density at radius 3 is 2.37 bits per heavy atom. The van der Waals surface area contributed by atoms with Crippen LogP contribution in [0.4, 0.5) is 5.69 Å². The second-order valence-corrected chi connectivity index (χ2v) is 11.5. The molecule has 0 aliphatic heterocycles. The largest absolute Gasteiger partial charge is 0.497 e. The lowest BCUT2D eigenvalue weighted by atomic mass is 10.1. The minimum Gasteiger partial charge on any atom is -0.497 e. The molecule has 2 aromatic rings. The van der Waals surface area contributed by atoms with Crippen LogP contribution in [0.2, 0.25) is 0 Å². The van der Waals surface area contributed by atoms with Crippen molar-refractivity contribution >= 4 is 43.5 Å². The maximum absolute atomic E-state index is 13.7. The number of methoxy groups -OCH3 is 1. The molecule has 0 unspecified atom stereocenters. The van der Waals surface area contributed by atoms with Crippen molar-refractivity contribution in [3.8, 4) is 5.75 Å². The normalized spacial score (nSPS) is 12.2. The van der Waals surface area contributed by atoms with Gasteiger partial charge < -0.3 is 15.0 Å². The van der Waals surface area contributed by atoms with Gasteiger partial charge in [-0.2, -0.15) is 0 Å². The second kappa shape index (κ2) is 12.9. The van der Waals surface area contributed by atoms with Gasteiger partial charge in [0.15, 0.2) is 0 Å². The van der Waals surface area contributed by atoms with E-state index < -0.39 is 28.5 Å². The number of halogens is 1. The second-order valence-electron chi connectivity index (χ2n) is 8.69. The summed E-state index contributed by atoms with van der Waals surface area (Å²) < 4.78 is 32.3. The Hall–Kier alpha value is -2.59. The molecule has 1 N–H and O–H groups in total. The van der Waals surface area contributed by atoms with Crippen LogP contribution in [0.3, 0.4) is 0 Å². The molecule has 0 radical (unpaired) electrons. The standard InChI is InChI=1S/C25H34BrN3O5S/c1-6-23(25(31)27-15-18(2)3)28(16-19-9-7-12-22(13-19)34-4)24(30)17-29(35(5,32)33)21-11-8-10-20(26)14-21/h7-14,18,23H,6,15-17H2,1-5H3,(H,27,31)/t23-/m1/s1. The fourth-order valence-electron chi connectivity index (χ4n) is 3.55. The summed E-state index contributed by atoms with van der Waals surface area (Å²) in [7, 11) is -2.22. The van der Waals surface area contributed by atoms with Gasteiger partial charge >= 0.3 is 0 Å². The highest BCUT2D eigenvalue weighted by Crippen LogP contribution is 2.23. The molecule has 0 saturated carbocycles. The number of hydrogen-bond donors (Lipinski definition) is 1. The summed E-state index contributed by atoms with van der Waals surface area (Å²) in [6.45, 7) is 5.97. The third kappa shape index (κ3) is 8.54. The van der Waals surface area contributed by atoms with Crippen LogP contribution in [-0.2, 0) is 26.2 Å². The Bertz CT molecular complexity index is 1120. The van der Waals surface area contributed by atoms with Gasteiger partial charge in [-0.1, -0.05) is 54.9 Å². The van der Waals surface area contributed by atoms with E-state index in [0.29, 0.717) is 28.9 Å². The number of amides is 2. The molecule has 0 aliphatic carbocycles. The van der Waals surface area contributed by atoms with E-state index in [1.165, 1.54) is 4.90 Å². The molecule has 1 atom stereocenters. The van der Waals surface area contributed by atoms with Crippen LogP contribution < -0.4 is 14.4 Å². The van der Waals surface area contributed by atoms with E-state index in [4.69, 9.17) is 4.74 Å². The van der Waals surface area contributed by atoms with Crippen LogP contribution in [0.1, 0.15) is 32.8 Å². The van der Waals surface area contributed by atoms with Crippen LogP contribution in [0.15, 0.2) is 53.0 Å². The molecule has 0 spiro atoms. The first-order chi connectivity index (χ1) is 16.5. The fourth-order valence-corrected chi connectivity index (χ4v) is 4.78. The van der Waals surface area contributed by atoms with Crippen LogP contribution in [0.25, 0.3) is 0 Å². The summed E-state index contributed by atoms with van der Waals surface area (Å²) in [5.74, 6) is 0.117. The lowest BCUT2D eigenvalue weighted by Crippen LogP contribution is -2.52. The van der Waals surface area contributed by atoms with E-state index in [2.05, 4.69) is 21.2 Å². The molecule has 0 aliphatic rings. The molecular formula is C25H34BrN3O5S. The number of nitrogens with zero attached hydrogens (tertiary/aromatic N) is 2. The lowest BCUT2D eigenvalue weighted by Gasteiger charge is -2.33. The third-order valence-electron chi connectivity index (χ3n) is 5.33. The zero-order valence-electron chi connectivity index (χ0n) is 20.8. The quantitative estimate of drug-likeness (QED) is 0.420. The van der Waals surface area contributed by atoms with Gasteiger partial charge in [0, 0.05) is 17.6 Å². The van der Waals surface area contributed by atoms with Crippen molar-refractivity contribution < 1.29 is 22.7 Å². The summed E-state index contributed by atoms with van der Waals surface area (Å²) in [6, 6.07) is 13.2. The van der Waals surface area contributed by atoms with E-state index >= 15 is 0 Å². The number of benzene rings is 2. The molecule has 8 nitrogen and oxygen atoms in total. The zero-order valence-corrected chi connectivity index (χ0v) is 23.2. The molecule has 2 aromatic carbocycles. The predicted molar refractivity (Wildman–Crippen MR) is 142 cm³/mol. The molecule has 2 amide bonds. The summed E-state index contributed by atoms with van der Waals surface area (Å²) >= 11 is 3.35. The molecule has 0 saturated heterocycles. The highest BCUT2D eigenvalue weighted by atomic mass is 79.9. The van der Waals surface area contributed by atoms with E-state index in [-0.39, 0.29) is 18.4 Å². The SMILES string of the molecule is CC[C@H](C(=O)NCC(C)C)N(Cc1cccc(OC)c1)C(=O)CN(c1cccc(Br)c1)S(C)(=O)=O. The molecule has 0 aromatic heterocycles. The van der Waals surface area contributed by atoms with Crippen molar-refractivity contribution in [1.82, 2.24) is 10.2 Å². The average Bonchev–Trinajstić information content (AvgIpc) is 2.80. The van der Waals surface area contributed by atoms with Crippen molar-refractivity contribution in [3.63, 3.8) is 0 Å². The molecule has 0 heterocycles. The topological polar surface area (TPSA) is 96.0 Å². The Labute approximate surface area is 216 Å². The van der Waals surface area contributed by atoms with Crippen molar-refractivity contribution in [1.29, 1.82) is 0 Å². The van der Waals surface area contributed by atoms with Gasteiger partial charge in [-0.15, -0.1) is 0 Å². The molecule has 35 heavy (non-hydrogen) atoms. The number of hydrogen-bond acceptors (Lipinski definition) is 5. The monoisotopic (exact) mass is 567 g/mol. The van der Waals surface area contributed by atoms with Crippen LogP contribution >= 0.6 is 15.9 Å². The minimum atomic E-state index is -3.78. The molecule has 0 bridgehead atoms. The Balaban J connectivity index is 2.44. The number of anilines is 1. The fraction of sp³-hybridized carbons (Fsp3) is 0.440. The Morgan fingerprint density at radius 1 is 1.11 bits per heavy atom. The van der Waals surface area contributed by atoms with E-state index in [0.717, 1.165) is 16.1 Å². The van der Waals surface area contributed by atoms with Crippen LogP contribution in [-0.4, -0.2) is 57.6 Å². The van der Waals surface area contributed by atoms with Gasteiger partial charge in [-0.05, 0) is 48.2 Å². The maximum atomic E-state index is 13.7. The zero-order chi connectivity index (χ0) is 26.2. The molecule has 2 rings (SSSR count). The predicted octanol–water partition coefficient (Wildman–Crippen LogP) is 3.80. The van der Waals surface area contributed by atoms with Gasteiger partial charge in [0.1, 0.15) is 18.3 Å². The highest BCUT2D eigenvalue weighted by Gasteiger charge is 2.31. The van der Waals surface area contributed by atoms with Crippen LogP contribution in [0.5, 0.6) is 5.75 Å². The van der Waals surface area contributed by atoms with Gasteiger partial charge in [0.2, 0.25) is 21.8 Å². The van der Waals surface area contributed by atoms with Gasteiger partial charge in [-0.3, -0.25) is 13.9 Å². The third-order valence-corrected chi connectivity index (χ3v) is 6.97. The average molecular weight is 569 g/mol. The first-order valence-corrected chi connectivity index (χ1v) is 14.0. The molecule has 192 valence electrons. The number of carbonyl (C=O) groups excluding carboxylic acids is 2. The molecule has 0 fully saturated rings. The molecular weight excluding hydrogens is 534 g/mol. The first-order valence-electron chi connectivity index (χ1n) is 11.4. The first kappa shape index (κ1) is 28.6. The van der Waals surface area contributed by atoms with E-state index in [1.54, 1.807) is 49.6 Å². The number of sulfonamides is 1. The maximum Gasteiger partial charge on any atom is 0.244 e. The van der Waals surface area contributed by atoms with Crippen molar-refractivity contribution in [2.75, 3.05) is 30.8 Å². The van der Waals surface area contributed by atoms with E-state index in [9.17, 15) is 18.0 Å². The summed E-state index contributed by atoms with van der Waals surface area (Å²) in [5, 5.41) is 2.90. The van der Waals surface area contributed by atoms with Gasteiger partial charge in [0.25, 0.3) is 0 Å². The molecule has 10 heteroatoms. The van der Waals surface area contributed by atoms with Crippen LogP contribution in [0, 0.1) is 5.92 Å². The van der Waals surface area contributed by atoms with Gasteiger partial charge in [-0.25, -0.2) is 8.42 Å². The summed E-state index contributed by atoms with van der Waals surface area (Å²) in [5.41, 5.74) is 1.12. The van der Waals surface area contributed by atoms with Crippen molar-refractivity contribution in [2.45, 2.75) is 39.8 Å². The number of ether oxygens (including phenoxy) is 1. The van der Waals surface area contributed by atoms with E-state index in [1.807, 2.05) is 26.8 Å². The number of carbonyl (C=O) groups is 2. The minimum absolute atomic E-state index is 0.125. The number of nitrogens with one attached hydrogen (secondary N) is 1. The van der Waals surface area contributed by atoms with Crippen molar-refractivity contribution in [2.24, 2.45) is 5.92 Å². The van der Waals surface area contributed by atoms with Gasteiger partial charge in [0.05, 0.1) is 19.1 Å². The summed E-state index contributed by atoms with van der Waals surface area (Å²) in [4.78, 5) is 28.2.